The van der Waals surface area contributed by atoms with Gasteiger partial charge in [-0.15, -0.1) is 0 Å². The van der Waals surface area contributed by atoms with Crippen LogP contribution in [0.4, 0.5) is 5.69 Å². The van der Waals surface area contributed by atoms with Crippen molar-refractivity contribution in [3.05, 3.63) is 76.8 Å². The molecule has 0 radical (unpaired) electrons. The summed E-state index contributed by atoms with van der Waals surface area (Å²) in [6.07, 6.45) is 2.98. The predicted molar refractivity (Wildman–Crippen MR) is 123 cm³/mol. The Bertz CT molecular complexity index is 994. The second-order valence-electron chi connectivity index (χ2n) is 7.66. The molecule has 6 nitrogen and oxygen atoms in total. The van der Waals surface area contributed by atoms with Gasteiger partial charge in [0.25, 0.3) is 0 Å². The Labute approximate surface area is 190 Å². The fraction of sp³-hybridized carbons (Fsp3) is 0.348. The highest BCUT2D eigenvalue weighted by Gasteiger charge is 2.31. The van der Waals surface area contributed by atoms with Gasteiger partial charge in [-0.1, -0.05) is 23.7 Å². The monoisotopic (exact) mass is 459 g/mol. The molecule has 1 saturated heterocycles. The molecule has 0 aliphatic carbocycles. The maximum atomic E-state index is 12.6. The van der Waals surface area contributed by atoms with E-state index in [-0.39, 0.29) is 12.4 Å². The minimum absolute atomic E-state index is 0.204. The Morgan fingerprint density at radius 1 is 1.16 bits per heavy atom. The zero-order valence-corrected chi connectivity index (χ0v) is 18.9. The molecule has 3 aromatic rings. The number of nitrogens with two attached hydrogens (primary N) is 1. The Hall–Kier alpha value is -2.03. The van der Waals surface area contributed by atoms with Gasteiger partial charge in [-0.2, -0.15) is 0 Å². The van der Waals surface area contributed by atoms with Crippen molar-refractivity contribution < 1.29 is 14.0 Å². The molecule has 2 N–H and O–H groups in total. The molecule has 0 bridgehead atoms. The number of benzene rings is 2. The highest BCUT2D eigenvalue weighted by Crippen LogP contribution is 2.21. The number of hydrogen-bond acceptors (Lipinski definition) is 5. The van der Waals surface area contributed by atoms with Gasteiger partial charge in [0.15, 0.2) is 11.2 Å². The Kier molecular flexibility index (Phi) is 7.20. The molecule has 2 aromatic carbocycles. The standard InChI is InChI=1S/C23H26ClN3O3S/c1-16-12-26-22(11-4-17-2-5-18(24)6-3-17)27(16)13-23-29-14-20(30-23)15-31(28)21-9-7-19(25)8-10-21/h2-3,5-10,12,20,23H,4,11,13-15,25H2,1H3/t20-,23-,31?/m0/s1. The van der Waals surface area contributed by atoms with E-state index in [9.17, 15) is 4.55 Å². The van der Waals surface area contributed by atoms with Crippen molar-refractivity contribution in [3.8, 4) is 0 Å². The van der Waals surface area contributed by atoms with Crippen LogP contribution in [0.3, 0.4) is 0 Å². The number of rotatable bonds is 8. The van der Waals surface area contributed by atoms with E-state index in [0.29, 0.717) is 24.6 Å². The number of nitrogen functional groups attached to an aromatic ring is 1. The Balaban J connectivity index is 1.32. The molecule has 0 amide bonds. The summed E-state index contributed by atoms with van der Waals surface area (Å²) < 4.78 is 26.6. The van der Waals surface area contributed by atoms with E-state index in [2.05, 4.69) is 9.55 Å². The highest BCUT2D eigenvalue weighted by molar-refractivity contribution is 7.91. The van der Waals surface area contributed by atoms with Crippen LogP contribution in [0.15, 0.2) is 59.6 Å². The van der Waals surface area contributed by atoms with Gasteiger partial charge in [-0.25, -0.2) is 4.98 Å². The van der Waals surface area contributed by atoms with Crippen molar-refractivity contribution in [2.24, 2.45) is 0 Å². The number of aryl methyl sites for hydroxylation is 3. The lowest BCUT2D eigenvalue weighted by Crippen LogP contribution is -2.25. The van der Waals surface area contributed by atoms with Crippen LogP contribution in [-0.2, 0) is 40.0 Å². The zero-order valence-electron chi connectivity index (χ0n) is 17.4. The molecule has 0 saturated carbocycles. The number of aromatic nitrogens is 2. The van der Waals surface area contributed by atoms with Crippen molar-refractivity contribution in [1.29, 1.82) is 0 Å². The van der Waals surface area contributed by atoms with Gasteiger partial charge in [0.1, 0.15) is 17.7 Å². The molecular weight excluding hydrogens is 434 g/mol. The van der Waals surface area contributed by atoms with E-state index in [1.54, 1.807) is 24.3 Å². The molecule has 0 spiro atoms. The number of anilines is 1. The van der Waals surface area contributed by atoms with Gasteiger partial charge < -0.3 is 24.3 Å². The summed E-state index contributed by atoms with van der Waals surface area (Å²) in [5.41, 5.74) is 8.64. The van der Waals surface area contributed by atoms with Crippen molar-refractivity contribution in [2.75, 3.05) is 18.1 Å². The first kappa shape index (κ1) is 22.2. The molecule has 2 heterocycles. The van der Waals surface area contributed by atoms with Gasteiger partial charge in [0.05, 0.1) is 13.2 Å². The van der Waals surface area contributed by atoms with Crippen LogP contribution in [-0.4, -0.2) is 38.9 Å². The number of halogens is 1. The smallest absolute Gasteiger partial charge is 0.176 e. The molecule has 1 unspecified atom stereocenters. The van der Waals surface area contributed by atoms with Crippen LogP contribution in [0.2, 0.25) is 5.02 Å². The second kappa shape index (κ2) is 10.1. The fourth-order valence-electron chi connectivity index (χ4n) is 3.59. The summed E-state index contributed by atoms with van der Waals surface area (Å²) in [6, 6.07) is 15.0. The average molecular weight is 460 g/mol. The van der Waals surface area contributed by atoms with Gasteiger partial charge in [0, 0.05) is 29.0 Å². The third-order valence-electron chi connectivity index (χ3n) is 5.31. The lowest BCUT2D eigenvalue weighted by molar-refractivity contribution is -0.0649. The molecule has 1 aliphatic rings. The third kappa shape index (κ3) is 5.81. The van der Waals surface area contributed by atoms with Crippen LogP contribution in [0.5, 0.6) is 0 Å². The third-order valence-corrected chi connectivity index (χ3v) is 7.04. The van der Waals surface area contributed by atoms with Crippen LogP contribution in [0.25, 0.3) is 0 Å². The topological polar surface area (TPSA) is 85.4 Å². The van der Waals surface area contributed by atoms with Crippen LogP contribution in [0, 0.1) is 6.92 Å². The largest absolute Gasteiger partial charge is 0.611 e. The van der Waals surface area contributed by atoms with Gasteiger partial charge in [0.2, 0.25) is 0 Å². The maximum absolute atomic E-state index is 12.6. The van der Waals surface area contributed by atoms with Crippen LogP contribution in [0.1, 0.15) is 17.1 Å². The minimum atomic E-state index is -1.16. The zero-order chi connectivity index (χ0) is 21.8. The van der Waals surface area contributed by atoms with E-state index in [4.69, 9.17) is 26.8 Å². The molecule has 8 heteroatoms. The van der Waals surface area contributed by atoms with Crippen molar-refractivity contribution in [3.63, 3.8) is 0 Å². The van der Waals surface area contributed by atoms with Crippen LogP contribution >= 0.6 is 11.6 Å². The number of ether oxygens (including phenoxy) is 2. The summed E-state index contributed by atoms with van der Waals surface area (Å²) in [5.74, 6) is 1.39. The van der Waals surface area contributed by atoms with Crippen molar-refractivity contribution in [1.82, 2.24) is 9.55 Å². The van der Waals surface area contributed by atoms with Gasteiger partial charge >= 0.3 is 0 Å². The summed E-state index contributed by atoms with van der Waals surface area (Å²) in [5, 5.41) is 0.739. The molecule has 1 aromatic heterocycles. The Morgan fingerprint density at radius 3 is 2.65 bits per heavy atom. The van der Waals surface area contributed by atoms with Gasteiger partial charge in [-0.05, 0) is 66.5 Å². The maximum Gasteiger partial charge on any atom is 0.176 e. The lowest BCUT2D eigenvalue weighted by atomic mass is 10.1. The molecule has 31 heavy (non-hydrogen) atoms. The van der Waals surface area contributed by atoms with E-state index in [1.807, 2.05) is 37.4 Å². The van der Waals surface area contributed by atoms with Gasteiger partial charge in [-0.3, -0.25) is 0 Å². The average Bonchev–Trinajstić information content (AvgIpc) is 3.35. The van der Waals surface area contributed by atoms with Crippen molar-refractivity contribution >= 4 is 28.5 Å². The summed E-state index contributed by atoms with van der Waals surface area (Å²) in [4.78, 5) is 5.32. The van der Waals surface area contributed by atoms with E-state index in [0.717, 1.165) is 34.3 Å². The lowest BCUT2D eigenvalue weighted by Gasteiger charge is -2.17. The first-order chi connectivity index (χ1) is 15.0. The molecular formula is C23H26ClN3O3S. The first-order valence-corrected chi connectivity index (χ1v) is 11.9. The quantitative estimate of drug-likeness (QED) is 0.409. The number of hydrogen-bond donors (Lipinski definition) is 1. The van der Waals surface area contributed by atoms with Crippen molar-refractivity contribution in [2.45, 2.75) is 43.6 Å². The fourth-order valence-corrected chi connectivity index (χ4v) is 4.86. The Morgan fingerprint density at radius 2 is 1.90 bits per heavy atom. The SMILES string of the molecule is Cc1cnc(CCc2ccc(Cl)cc2)n1C[C@H]1OC[C@@H](C[S+]([O-])c2ccc(N)cc2)O1. The summed E-state index contributed by atoms with van der Waals surface area (Å²) in [7, 11) is 0. The molecule has 3 atom stereocenters. The molecule has 1 fully saturated rings. The summed E-state index contributed by atoms with van der Waals surface area (Å²) >= 11 is 4.81. The van der Waals surface area contributed by atoms with E-state index < -0.39 is 11.2 Å². The number of nitrogens with zero attached hydrogens (tertiary/aromatic N) is 2. The highest BCUT2D eigenvalue weighted by atomic mass is 35.5. The predicted octanol–water partition coefficient (Wildman–Crippen LogP) is 3.76. The molecule has 1 aliphatic heterocycles. The van der Waals surface area contributed by atoms with E-state index in [1.165, 1.54) is 5.56 Å². The normalized spacial score (nSPS) is 19.6. The number of imidazole rings is 1. The molecule has 4 rings (SSSR count). The van der Waals surface area contributed by atoms with E-state index >= 15 is 0 Å². The first-order valence-electron chi connectivity index (χ1n) is 10.2. The van der Waals surface area contributed by atoms with Crippen LogP contribution < -0.4 is 5.73 Å². The summed E-state index contributed by atoms with van der Waals surface area (Å²) in [6.45, 7) is 3.02. The second-order valence-corrected chi connectivity index (χ2v) is 9.59. The molecule has 164 valence electrons. The minimum Gasteiger partial charge on any atom is -0.611 e.